The van der Waals surface area contributed by atoms with Gasteiger partial charge in [-0.25, -0.2) is 4.79 Å². The Morgan fingerprint density at radius 2 is 2.00 bits per heavy atom. The molecule has 1 heterocycles. The highest BCUT2D eigenvalue weighted by molar-refractivity contribution is 5.83. The molecule has 7 heteroatoms. The number of nitrogens with one attached hydrogen (secondary N) is 1. The smallest absolute Gasteiger partial charge is 0.405 e. The molecule has 0 bridgehead atoms. The van der Waals surface area contributed by atoms with Gasteiger partial charge in [0.05, 0.1) is 0 Å². The maximum Gasteiger partial charge on any atom is 0.405 e. The summed E-state index contributed by atoms with van der Waals surface area (Å²) in [5.74, 6) is -0.210. The largest absolute Gasteiger partial charge is 0.436 e. The molecule has 138 valence electrons. The van der Waals surface area contributed by atoms with E-state index in [4.69, 9.17) is 16.2 Å². The summed E-state index contributed by atoms with van der Waals surface area (Å²) >= 11 is 0. The maximum absolute atomic E-state index is 12.5. The van der Waals surface area contributed by atoms with Crippen molar-refractivity contribution in [3.63, 3.8) is 0 Å². The van der Waals surface area contributed by atoms with Crippen LogP contribution in [-0.4, -0.2) is 41.8 Å². The Kier molecular flexibility index (Phi) is 6.39. The van der Waals surface area contributed by atoms with Gasteiger partial charge in [-0.05, 0) is 24.3 Å². The molecule has 0 saturated carbocycles. The molecule has 0 radical (unpaired) electrons. The van der Waals surface area contributed by atoms with E-state index in [0.29, 0.717) is 19.4 Å². The third kappa shape index (κ3) is 6.03. The Hall–Kier alpha value is -2.12. The van der Waals surface area contributed by atoms with Crippen LogP contribution in [0.1, 0.15) is 32.3 Å². The topological polar surface area (TPSA) is 111 Å². The first kappa shape index (κ1) is 19.2. The lowest BCUT2D eigenvalue weighted by Crippen LogP contribution is -2.60. The Labute approximate surface area is 148 Å². The fraction of sp³-hybridized carbons (Fsp3) is 0.556. The minimum absolute atomic E-state index is 0.182. The molecular formula is C18H28N4O3. The van der Waals surface area contributed by atoms with Crippen molar-refractivity contribution >= 4 is 12.0 Å². The predicted molar refractivity (Wildman–Crippen MR) is 95.3 cm³/mol. The molecule has 7 nitrogen and oxygen atoms in total. The summed E-state index contributed by atoms with van der Waals surface area (Å²) in [6.45, 7) is 6.00. The first-order valence-corrected chi connectivity index (χ1v) is 8.61. The minimum atomic E-state index is -0.955. The van der Waals surface area contributed by atoms with Crippen LogP contribution < -0.4 is 16.8 Å². The van der Waals surface area contributed by atoms with Gasteiger partial charge in [-0.3, -0.25) is 9.69 Å². The molecule has 1 aliphatic heterocycles. The molecule has 2 amide bonds. The van der Waals surface area contributed by atoms with Gasteiger partial charge in [-0.2, -0.15) is 0 Å². The summed E-state index contributed by atoms with van der Waals surface area (Å²) in [5.41, 5.74) is 11.8. The number of nitrogens with zero attached hydrogens (tertiary/aromatic N) is 1. The highest BCUT2D eigenvalue weighted by Gasteiger charge is 2.38. The van der Waals surface area contributed by atoms with Crippen molar-refractivity contribution in [2.75, 3.05) is 13.1 Å². The van der Waals surface area contributed by atoms with Crippen LogP contribution in [0.25, 0.3) is 0 Å². The summed E-state index contributed by atoms with van der Waals surface area (Å²) in [7, 11) is 0. The van der Waals surface area contributed by atoms with Gasteiger partial charge in [-0.1, -0.05) is 44.2 Å². The zero-order valence-electron chi connectivity index (χ0n) is 14.9. The van der Waals surface area contributed by atoms with E-state index in [1.54, 1.807) is 0 Å². The van der Waals surface area contributed by atoms with E-state index in [0.717, 1.165) is 13.1 Å². The van der Waals surface area contributed by atoms with Crippen molar-refractivity contribution in [1.82, 2.24) is 10.2 Å². The number of benzene rings is 1. The van der Waals surface area contributed by atoms with Crippen molar-refractivity contribution in [2.45, 2.75) is 45.0 Å². The summed E-state index contributed by atoms with van der Waals surface area (Å²) < 4.78 is 4.96. The Bertz CT molecular complexity index is 593. The van der Waals surface area contributed by atoms with E-state index < -0.39 is 23.8 Å². The van der Waals surface area contributed by atoms with Crippen molar-refractivity contribution < 1.29 is 14.3 Å². The van der Waals surface area contributed by atoms with Gasteiger partial charge in [0, 0.05) is 19.6 Å². The fourth-order valence-electron chi connectivity index (χ4n) is 3.10. The number of nitrogens with two attached hydrogens (primary N) is 2. The van der Waals surface area contributed by atoms with Crippen molar-refractivity contribution in [1.29, 1.82) is 0 Å². The number of carbonyl (C=O) groups excluding carboxylic acids is 2. The molecule has 0 aromatic heterocycles. The van der Waals surface area contributed by atoms with Gasteiger partial charge in [0.1, 0.15) is 5.66 Å². The van der Waals surface area contributed by atoms with Gasteiger partial charge in [0.2, 0.25) is 0 Å². The van der Waals surface area contributed by atoms with Crippen molar-refractivity contribution in [3.8, 4) is 0 Å². The van der Waals surface area contributed by atoms with E-state index >= 15 is 0 Å². The Balaban J connectivity index is 1.93. The SMILES string of the molecule is CC(C)CC(OC(N)=O)C(=O)NC1(N)CCN(Cc2ccccc2)C1. The molecular weight excluding hydrogens is 320 g/mol. The average molecular weight is 348 g/mol. The second kappa shape index (κ2) is 8.31. The lowest BCUT2D eigenvalue weighted by Gasteiger charge is -2.28. The van der Waals surface area contributed by atoms with Crippen LogP contribution in [0.5, 0.6) is 0 Å². The van der Waals surface area contributed by atoms with Gasteiger partial charge in [0.25, 0.3) is 5.91 Å². The quantitative estimate of drug-likeness (QED) is 0.641. The number of amides is 2. The van der Waals surface area contributed by atoms with Crippen LogP contribution in [0, 0.1) is 5.92 Å². The molecule has 0 aliphatic carbocycles. The van der Waals surface area contributed by atoms with E-state index in [1.165, 1.54) is 5.56 Å². The van der Waals surface area contributed by atoms with Crippen LogP contribution in [0.3, 0.4) is 0 Å². The van der Waals surface area contributed by atoms with Crippen LogP contribution in [-0.2, 0) is 16.1 Å². The van der Waals surface area contributed by atoms with Crippen LogP contribution in [0.15, 0.2) is 30.3 Å². The first-order valence-electron chi connectivity index (χ1n) is 8.61. The van der Waals surface area contributed by atoms with Crippen LogP contribution >= 0.6 is 0 Å². The third-order valence-electron chi connectivity index (χ3n) is 4.24. The van der Waals surface area contributed by atoms with E-state index in [2.05, 4.69) is 22.3 Å². The number of carbonyl (C=O) groups is 2. The van der Waals surface area contributed by atoms with E-state index in [-0.39, 0.29) is 5.92 Å². The van der Waals surface area contributed by atoms with Gasteiger partial charge in [-0.15, -0.1) is 0 Å². The number of hydrogen-bond acceptors (Lipinski definition) is 5. The highest BCUT2D eigenvalue weighted by atomic mass is 16.6. The van der Waals surface area contributed by atoms with Gasteiger partial charge in [0.15, 0.2) is 6.10 Å². The van der Waals surface area contributed by atoms with Crippen LogP contribution in [0.2, 0.25) is 0 Å². The zero-order chi connectivity index (χ0) is 18.4. The van der Waals surface area contributed by atoms with E-state index in [9.17, 15) is 9.59 Å². The second-order valence-corrected chi connectivity index (χ2v) is 7.15. The molecule has 0 spiro atoms. The summed E-state index contributed by atoms with van der Waals surface area (Å²) in [4.78, 5) is 25.7. The number of ether oxygens (including phenoxy) is 1. The Morgan fingerprint density at radius 3 is 2.60 bits per heavy atom. The fourth-order valence-corrected chi connectivity index (χ4v) is 3.10. The van der Waals surface area contributed by atoms with E-state index in [1.807, 2.05) is 32.0 Å². The lowest BCUT2D eigenvalue weighted by atomic mass is 10.0. The molecule has 1 saturated heterocycles. The highest BCUT2D eigenvalue weighted by Crippen LogP contribution is 2.20. The lowest BCUT2D eigenvalue weighted by molar-refractivity contribution is -0.132. The summed E-state index contributed by atoms with van der Waals surface area (Å²) in [6.07, 6.45) is -0.833. The molecule has 1 aliphatic rings. The predicted octanol–water partition coefficient (Wildman–Crippen LogP) is 1.17. The van der Waals surface area contributed by atoms with Crippen molar-refractivity contribution in [2.24, 2.45) is 17.4 Å². The third-order valence-corrected chi connectivity index (χ3v) is 4.24. The molecule has 5 N–H and O–H groups in total. The standard InChI is InChI=1S/C18H28N4O3/c1-13(2)10-15(25-17(19)24)16(23)21-18(20)8-9-22(12-18)11-14-6-4-3-5-7-14/h3-7,13,15H,8-12,20H2,1-2H3,(H2,19,24)(H,21,23). The molecule has 1 aromatic carbocycles. The average Bonchev–Trinajstić information content (AvgIpc) is 2.87. The summed E-state index contributed by atoms with van der Waals surface area (Å²) in [6, 6.07) is 10.1. The first-order chi connectivity index (χ1) is 11.8. The number of rotatable bonds is 7. The molecule has 2 rings (SSSR count). The normalized spacial score (nSPS) is 21.9. The second-order valence-electron chi connectivity index (χ2n) is 7.15. The molecule has 2 unspecified atom stereocenters. The molecule has 2 atom stereocenters. The van der Waals surface area contributed by atoms with Gasteiger partial charge < -0.3 is 21.5 Å². The number of likely N-dealkylation sites (tertiary alicyclic amines) is 1. The molecule has 1 aromatic rings. The van der Waals surface area contributed by atoms with Crippen molar-refractivity contribution in [3.05, 3.63) is 35.9 Å². The zero-order valence-corrected chi connectivity index (χ0v) is 14.9. The minimum Gasteiger partial charge on any atom is -0.436 e. The van der Waals surface area contributed by atoms with Crippen LogP contribution in [0.4, 0.5) is 4.79 Å². The number of hydrogen-bond donors (Lipinski definition) is 3. The summed E-state index contributed by atoms with van der Waals surface area (Å²) in [5, 5.41) is 2.85. The maximum atomic E-state index is 12.5. The molecule has 1 fully saturated rings. The Morgan fingerprint density at radius 1 is 1.32 bits per heavy atom. The number of primary amides is 1. The monoisotopic (exact) mass is 348 g/mol. The molecule has 25 heavy (non-hydrogen) atoms. The van der Waals surface area contributed by atoms with Gasteiger partial charge >= 0.3 is 6.09 Å².